The maximum Gasteiger partial charge on any atom is 0.412 e. The third kappa shape index (κ3) is 8.60. The Morgan fingerprint density at radius 2 is 1.84 bits per heavy atom. The van der Waals surface area contributed by atoms with Crippen molar-refractivity contribution >= 4 is 18.0 Å². The number of amides is 1. The number of aliphatic hydroxyl groups excluding tert-OH is 1. The average Bonchev–Trinajstić information content (AvgIpc) is 2.99. The van der Waals surface area contributed by atoms with Gasteiger partial charge in [0, 0.05) is 19.1 Å². The number of methoxy groups -OCH3 is 2. The van der Waals surface area contributed by atoms with Crippen molar-refractivity contribution in [2.24, 2.45) is 0 Å². The van der Waals surface area contributed by atoms with E-state index < -0.39 is 41.4 Å². The van der Waals surface area contributed by atoms with Gasteiger partial charge in [0.2, 0.25) is 0 Å². The Morgan fingerprint density at radius 3 is 2.35 bits per heavy atom. The molecule has 0 spiro atoms. The monoisotopic (exact) mass is 447 g/mol. The molecule has 0 radical (unpaired) electrons. The van der Waals surface area contributed by atoms with Crippen molar-refractivity contribution in [1.29, 1.82) is 0 Å². The molecule has 0 bridgehead atoms. The van der Waals surface area contributed by atoms with Gasteiger partial charge in [-0.2, -0.15) is 0 Å². The first-order valence-corrected chi connectivity index (χ1v) is 10.2. The summed E-state index contributed by atoms with van der Waals surface area (Å²) >= 11 is 0. The molecule has 1 amide bonds. The van der Waals surface area contributed by atoms with Crippen LogP contribution in [0.2, 0.25) is 0 Å². The molecule has 11 heteroatoms. The van der Waals surface area contributed by atoms with E-state index in [4.69, 9.17) is 14.2 Å². The molecule has 1 heterocycles. The lowest BCUT2D eigenvalue weighted by Gasteiger charge is -2.35. The molecule has 31 heavy (non-hydrogen) atoms. The zero-order chi connectivity index (χ0) is 23.8. The summed E-state index contributed by atoms with van der Waals surface area (Å²) in [6, 6.07) is -1.67. The van der Waals surface area contributed by atoms with Gasteiger partial charge < -0.3 is 34.7 Å². The molecular formula is C20H37N3O8. The van der Waals surface area contributed by atoms with Crippen LogP contribution in [0.4, 0.5) is 4.79 Å². The summed E-state index contributed by atoms with van der Waals surface area (Å²) in [5, 5.41) is 15.8. The number of aliphatic hydroxyl groups is 1. The van der Waals surface area contributed by atoms with Crippen LogP contribution in [0.3, 0.4) is 0 Å². The van der Waals surface area contributed by atoms with Crippen LogP contribution in [-0.4, -0.2) is 98.0 Å². The minimum atomic E-state index is -0.902. The lowest BCUT2D eigenvalue weighted by atomic mass is 10.1. The summed E-state index contributed by atoms with van der Waals surface area (Å²) in [6.45, 7) is 9.53. The van der Waals surface area contributed by atoms with Crippen LogP contribution in [0.25, 0.3) is 0 Å². The molecule has 3 N–H and O–H groups in total. The molecule has 0 unspecified atom stereocenters. The van der Waals surface area contributed by atoms with Crippen molar-refractivity contribution in [2.75, 3.05) is 40.5 Å². The summed E-state index contributed by atoms with van der Waals surface area (Å²) in [6.07, 6.45) is -0.678. The zero-order valence-electron chi connectivity index (χ0n) is 19.5. The molecule has 1 aliphatic rings. The highest BCUT2D eigenvalue weighted by molar-refractivity contribution is 5.82. The Balaban J connectivity index is 2.71. The Morgan fingerprint density at radius 1 is 1.19 bits per heavy atom. The molecule has 1 aliphatic heterocycles. The summed E-state index contributed by atoms with van der Waals surface area (Å²) in [7, 11) is 2.46. The second-order valence-corrected chi connectivity index (χ2v) is 8.81. The van der Waals surface area contributed by atoms with Gasteiger partial charge in [-0.05, 0) is 34.6 Å². The van der Waals surface area contributed by atoms with Crippen LogP contribution in [0.15, 0.2) is 0 Å². The minimum absolute atomic E-state index is 0.177. The standard InChI is InChI=1S/C20H37N3O8/c1-19(2,3)31-18(27)23-14(12-30-20(23,4)5)10-21-13(11-24)9-22-15(17(26)29-7)8-16(25)28-6/h13-15,21-22,24H,8-12H2,1-7H3/t13-,14-,15+/m1/s1. The summed E-state index contributed by atoms with van der Waals surface area (Å²) in [5.41, 5.74) is -1.48. The molecule has 1 saturated heterocycles. The Kier molecular flexibility index (Phi) is 10.1. The van der Waals surface area contributed by atoms with E-state index in [1.165, 1.54) is 14.2 Å². The van der Waals surface area contributed by atoms with Gasteiger partial charge in [-0.3, -0.25) is 14.5 Å². The maximum atomic E-state index is 12.7. The molecule has 1 rings (SSSR count). The Hall–Kier alpha value is -1.95. The van der Waals surface area contributed by atoms with Crippen LogP contribution in [0.5, 0.6) is 0 Å². The van der Waals surface area contributed by atoms with Gasteiger partial charge in [0.05, 0.1) is 39.9 Å². The second-order valence-electron chi connectivity index (χ2n) is 8.81. The van der Waals surface area contributed by atoms with Crippen LogP contribution in [0, 0.1) is 0 Å². The average molecular weight is 448 g/mol. The van der Waals surface area contributed by atoms with Crippen LogP contribution in [-0.2, 0) is 28.5 Å². The van der Waals surface area contributed by atoms with Crippen LogP contribution in [0.1, 0.15) is 41.0 Å². The molecule has 0 aromatic heterocycles. The van der Waals surface area contributed by atoms with E-state index in [1.807, 2.05) is 0 Å². The van der Waals surface area contributed by atoms with Crippen molar-refractivity contribution in [3.05, 3.63) is 0 Å². The van der Waals surface area contributed by atoms with E-state index in [9.17, 15) is 19.5 Å². The fourth-order valence-electron chi connectivity index (χ4n) is 3.13. The lowest BCUT2D eigenvalue weighted by Crippen LogP contribution is -2.55. The number of ether oxygens (including phenoxy) is 4. The normalized spacial score (nSPS) is 20.1. The summed E-state index contributed by atoms with van der Waals surface area (Å²) < 4.78 is 20.6. The largest absolute Gasteiger partial charge is 0.469 e. The minimum Gasteiger partial charge on any atom is -0.469 e. The number of esters is 2. The Labute approximate surface area is 183 Å². The fourth-order valence-corrected chi connectivity index (χ4v) is 3.13. The molecule has 0 aromatic carbocycles. The van der Waals surface area contributed by atoms with Gasteiger partial charge in [0.25, 0.3) is 0 Å². The van der Waals surface area contributed by atoms with Crippen molar-refractivity contribution in [3.63, 3.8) is 0 Å². The number of nitrogens with zero attached hydrogens (tertiary/aromatic N) is 1. The summed E-state index contributed by atoms with van der Waals surface area (Å²) in [5.74, 6) is -1.17. The van der Waals surface area contributed by atoms with E-state index in [1.54, 1.807) is 39.5 Å². The van der Waals surface area contributed by atoms with E-state index in [-0.39, 0.29) is 25.6 Å². The number of carbonyl (C=O) groups excluding carboxylic acids is 3. The smallest absolute Gasteiger partial charge is 0.412 e. The first-order chi connectivity index (χ1) is 14.3. The fraction of sp³-hybridized carbons (Fsp3) is 0.850. The molecule has 3 atom stereocenters. The zero-order valence-corrected chi connectivity index (χ0v) is 19.5. The van der Waals surface area contributed by atoms with Crippen molar-refractivity contribution in [2.45, 2.75) is 70.5 Å². The number of hydrogen-bond donors (Lipinski definition) is 3. The molecular weight excluding hydrogens is 410 g/mol. The van der Waals surface area contributed by atoms with Crippen molar-refractivity contribution in [3.8, 4) is 0 Å². The van der Waals surface area contributed by atoms with Gasteiger partial charge >= 0.3 is 18.0 Å². The van der Waals surface area contributed by atoms with Gasteiger partial charge in [-0.25, -0.2) is 4.79 Å². The van der Waals surface area contributed by atoms with Gasteiger partial charge in [-0.15, -0.1) is 0 Å². The lowest BCUT2D eigenvalue weighted by molar-refractivity contribution is -0.149. The third-order valence-electron chi connectivity index (χ3n) is 4.72. The van der Waals surface area contributed by atoms with Crippen molar-refractivity contribution in [1.82, 2.24) is 15.5 Å². The number of carbonyl (C=O) groups is 3. The van der Waals surface area contributed by atoms with Crippen LogP contribution >= 0.6 is 0 Å². The SMILES string of the molecule is COC(=O)C[C@H](NC[C@H](CO)NC[C@@H]1COC(C)(C)N1C(=O)OC(C)(C)C)C(=O)OC. The van der Waals surface area contributed by atoms with Gasteiger partial charge in [0.1, 0.15) is 17.4 Å². The van der Waals surface area contributed by atoms with Crippen molar-refractivity contribution < 1.29 is 38.4 Å². The molecule has 1 fully saturated rings. The van der Waals surface area contributed by atoms with Gasteiger partial charge in [-0.1, -0.05) is 0 Å². The summed E-state index contributed by atoms with van der Waals surface area (Å²) in [4.78, 5) is 37.6. The first-order valence-electron chi connectivity index (χ1n) is 10.2. The highest BCUT2D eigenvalue weighted by Gasteiger charge is 2.45. The first kappa shape index (κ1) is 27.1. The number of nitrogens with one attached hydrogen (secondary N) is 2. The molecule has 0 aliphatic carbocycles. The van der Waals surface area contributed by atoms with Gasteiger partial charge in [0.15, 0.2) is 0 Å². The Bertz CT molecular complexity index is 620. The van der Waals surface area contributed by atoms with E-state index in [2.05, 4.69) is 15.4 Å². The predicted octanol–water partition coefficient (Wildman–Crippen LogP) is 0.00320. The number of rotatable bonds is 10. The molecule has 180 valence electrons. The van der Waals surface area contributed by atoms with E-state index >= 15 is 0 Å². The maximum absolute atomic E-state index is 12.7. The highest BCUT2D eigenvalue weighted by Crippen LogP contribution is 2.29. The molecule has 0 aromatic rings. The predicted molar refractivity (Wildman–Crippen MR) is 111 cm³/mol. The molecule has 0 saturated carbocycles. The highest BCUT2D eigenvalue weighted by atomic mass is 16.6. The van der Waals surface area contributed by atoms with E-state index in [0.29, 0.717) is 13.2 Å². The number of hydrogen-bond acceptors (Lipinski definition) is 10. The quantitative estimate of drug-likeness (QED) is 0.310. The van der Waals surface area contributed by atoms with Crippen LogP contribution < -0.4 is 10.6 Å². The second kappa shape index (κ2) is 11.6. The molecule has 11 nitrogen and oxygen atoms in total. The van der Waals surface area contributed by atoms with E-state index in [0.717, 1.165) is 0 Å². The third-order valence-corrected chi connectivity index (χ3v) is 4.72. The topological polar surface area (TPSA) is 136 Å².